The van der Waals surface area contributed by atoms with Crippen molar-refractivity contribution in [2.24, 2.45) is 0 Å². The standard InChI is InChI=1S/C26H29N3O6/c30-23(28-13-14-29(16-25(32)33)24(31)15-28)11-5-6-12-27-26(34)35-17-22-20-9-3-1-7-18(20)19-8-2-4-10-21(19)22/h1-4,7-10,22H,5-6,11-17H2,(H,27,34)(H,32,33). The molecule has 2 aromatic rings. The van der Waals surface area contributed by atoms with Gasteiger partial charge in [0.2, 0.25) is 11.8 Å². The number of unbranched alkanes of at least 4 members (excludes halogenated alkanes) is 1. The summed E-state index contributed by atoms with van der Waals surface area (Å²) in [5.41, 5.74) is 4.66. The molecular weight excluding hydrogens is 450 g/mol. The van der Waals surface area contributed by atoms with Crippen LogP contribution in [0.5, 0.6) is 0 Å². The van der Waals surface area contributed by atoms with Crippen LogP contribution >= 0.6 is 0 Å². The highest BCUT2D eigenvalue weighted by atomic mass is 16.5. The summed E-state index contributed by atoms with van der Waals surface area (Å²) >= 11 is 0. The van der Waals surface area contributed by atoms with Crippen LogP contribution in [0.1, 0.15) is 36.3 Å². The second kappa shape index (κ2) is 11.0. The number of carbonyl (C=O) groups excluding carboxylic acids is 3. The minimum atomic E-state index is -1.07. The minimum Gasteiger partial charge on any atom is -0.480 e. The van der Waals surface area contributed by atoms with Gasteiger partial charge in [-0.3, -0.25) is 14.4 Å². The molecule has 184 valence electrons. The minimum absolute atomic E-state index is 0.00412. The van der Waals surface area contributed by atoms with Gasteiger partial charge < -0.3 is 25.0 Å². The first kappa shape index (κ1) is 24.3. The zero-order valence-electron chi connectivity index (χ0n) is 19.4. The Morgan fingerprint density at radius 2 is 1.63 bits per heavy atom. The zero-order chi connectivity index (χ0) is 24.8. The highest BCUT2D eigenvalue weighted by Crippen LogP contribution is 2.44. The molecule has 9 nitrogen and oxygen atoms in total. The van der Waals surface area contributed by atoms with E-state index in [2.05, 4.69) is 29.6 Å². The highest BCUT2D eigenvalue weighted by molar-refractivity contribution is 5.88. The third-order valence-corrected chi connectivity index (χ3v) is 6.43. The molecule has 0 unspecified atom stereocenters. The van der Waals surface area contributed by atoms with Gasteiger partial charge in [0.05, 0.1) is 6.54 Å². The maximum atomic E-state index is 12.3. The number of aliphatic carboxylic acids is 1. The SMILES string of the molecule is O=C(O)CN1CCN(C(=O)CCCCNC(=O)OCC2c3ccccc3-c3ccccc32)CC1=O. The van der Waals surface area contributed by atoms with Crippen molar-refractivity contribution in [3.8, 4) is 11.1 Å². The Balaban J connectivity index is 1.15. The summed E-state index contributed by atoms with van der Waals surface area (Å²) in [5, 5.41) is 11.6. The van der Waals surface area contributed by atoms with Crippen molar-refractivity contribution in [1.82, 2.24) is 15.1 Å². The Morgan fingerprint density at radius 3 is 2.26 bits per heavy atom. The van der Waals surface area contributed by atoms with E-state index in [-0.39, 0.29) is 50.4 Å². The Kier molecular flexibility index (Phi) is 7.64. The fourth-order valence-corrected chi connectivity index (χ4v) is 4.65. The lowest BCUT2D eigenvalue weighted by Crippen LogP contribution is -2.53. The monoisotopic (exact) mass is 479 g/mol. The van der Waals surface area contributed by atoms with Gasteiger partial charge in [0.25, 0.3) is 0 Å². The number of carboxylic acids is 1. The van der Waals surface area contributed by atoms with E-state index in [9.17, 15) is 19.2 Å². The van der Waals surface area contributed by atoms with Crippen LogP contribution in [-0.2, 0) is 19.1 Å². The number of alkyl carbamates (subject to hydrolysis) is 1. The molecule has 1 aliphatic carbocycles. The van der Waals surface area contributed by atoms with E-state index in [4.69, 9.17) is 9.84 Å². The number of benzene rings is 2. The predicted molar refractivity (Wildman–Crippen MR) is 128 cm³/mol. The summed E-state index contributed by atoms with van der Waals surface area (Å²) in [5.74, 6) is -1.56. The van der Waals surface area contributed by atoms with E-state index in [1.165, 1.54) is 20.9 Å². The van der Waals surface area contributed by atoms with Gasteiger partial charge in [-0.15, -0.1) is 0 Å². The number of hydrogen-bond acceptors (Lipinski definition) is 5. The second-order valence-corrected chi connectivity index (χ2v) is 8.73. The Bertz CT molecular complexity index is 1070. The molecule has 1 heterocycles. The smallest absolute Gasteiger partial charge is 0.407 e. The number of nitrogens with zero attached hydrogens (tertiary/aromatic N) is 2. The highest BCUT2D eigenvalue weighted by Gasteiger charge is 2.29. The van der Waals surface area contributed by atoms with Crippen LogP contribution in [0.25, 0.3) is 11.1 Å². The fourth-order valence-electron chi connectivity index (χ4n) is 4.65. The average molecular weight is 480 g/mol. The molecule has 0 saturated carbocycles. The van der Waals surface area contributed by atoms with Gasteiger partial charge in [-0.1, -0.05) is 48.5 Å². The topological polar surface area (TPSA) is 116 Å². The first-order chi connectivity index (χ1) is 16.9. The molecule has 1 fully saturated rings. The number of nitrogens with one attached hydrogen (secondary N) is 1. The summed E-state index contributed by atoms with van der Waals surface area (Å²) in [4.78, 5) is 50.0. The Morgan fingerprint density at radius 1 is 0.971 bits per heavy atom. The number of fused-ring (bicyclic) bond motifs is 3. The number of ether oxygens (including phenoxy) is 1. The number of amides is 3. The van der Waals surface area contributed by atoms with E-state index in [1.54, 1.807) is 0 Å². The third kappa shape index (κ3) is 5.79. The summed E-state index contributed by atoms with van der Waals surface area (Å²) < 4.78 is 5.50. The van der Waals surface area contributed by atoms with Crippen LogP contribution in [0.2, 0.25) is 0 Å². The largest absolute Gasteiger partial charge is 0.480 e. The van der Waals surface area contributed by atoms with E-state index in [1.807, 2.05) is 24.3 Å². The van der Waals surface area contributed by atoms with E-state index in [0.29, 0.717) is 25.9 Å². The molecule has 4 rings (SSSR count). The zero-order valence-corrected chi connectivity index (χ0v) is 19.4. The lowest BCUT2D eigenvalue weighted by atomic mass is 9.98. The maximum Gasteiger partial charge on any atom is 0.407 e. The van der Waals surface area contributed by atoms with Crippen molar-refractivity contribution in [1.29, 1.82) is 0 Å². The third-order valence-electron chi connectivity index (χ3n) is 6.43. The van der Waals surface area contributed by atoms with E-state index >= 15 is 0 Å². The molecule has 0 radical (unpaired) electrons. The quantitative estimate of drug-likeness (QED) is 0.534. The fraction of sp³-hybridized carbons (Fsp3) is 0.385. The summed E-state index contributed by atoms with van der Waals surface area (Å²) in [6.45, 7) is 0.748. The average Bonchev–Trinajstić information content (AvgIpc) is 3.17. The van der Waals surface area contributed by atoms with Crippen LogP contribution in [0.3, 0.4) is 0 Å². The number of rotatable bonds is 9. The maximum absolute atomic E-state index is 12.3. The molecule has 9 heteroatoms. The molecule has 1 saturated heterocycles. The van der Waals surface area contributed by atoms with E-state index in [0.717, 1.165) is 11.1 Å². The van der Waals surface area contributed by atoms with Crippen molar-refractivity contribution in [3.05, 3.63) is 59.7 Å². The number of carboxylic acid groups (broad SMARTS) is 1. The number of carbonyl (C=O) groups is 4. The summed E-state index contributed by atoms with van der Waals surface area (Å²) in [6.07, 6.45) is 0.936. The van der Waals surface area contributed by atoms with Crippen molar-refractivity contribution in [3.63, 3.8) is 0 Å². The van der Waals surface area contributed by atoms with Crippen LogP contribution in [0, 0.1) is 0 Å². The van der Waals surface area contributed by atoms with E-state index < -0.39 is 12.1 Å². The molecule has 2 aromatic carbocycles. The first-order valence-electron chi connectivity index (χ1n) is 11.8. The normalized spacial score (nSPS) is 14.9. The Hall–Kier alpha value is -3.88. The molecule has 35 heavy (non-hydrogen) atoms. The van der Waals surface area contributed by atoms with Gasteiger partial charge in [0.1, 0.15) is 13.2 Å². The molecule has 2 aliphatic rings. The molecule has 0 atom stereocenters. The molecule has 1 aliphatic heterocycles. The predicted octanol–water partition coefficient (Wildman–Crippen LogP) is 2.45. The van der Waals surface area contributed by atoms with Crippen molar-refractivity contribution >= 4 is 23.9 Å². The summed E-state index contributed by atoms with van der Waals surface area (Å²) in [7, 11) is 0. The lowest BCUT2D eigenvalue weighted by Gasteiger charge is -2.33. The van der Waals surface area contributed by atoms with Gasteiger partial charge in [-0.2, -0.15) is 0 Å². The number of hydrogen-bond donors (Lipinski definition) is 2. The molecular formula is C26H29N3O6. The molecule has 3 amide bonds. The second-order valence-electron chi connectivity index (χ2n) is 8.73. The van der Waals surface area contributed by atoms with Gasteiger partial charge in [-0.05, 0) is 35.1 Å². The van der Waals surface area contributed by atoms with Gasteiger partial charge in [-0.25, -0.2) is 4.79 Å². The van der Waals surface area contributed by atoms with Gasteiger partial charge in [0, 0.05) is 32.0 Å². The Labute approximate surface area is 203 Å². The molecule has 0 aromatic heterocycles. The number of piperazine rings is 1. The van der Waals surface area contributed by atoms with Crippen molar-refractivity contribution < 1.29 is 29.0 Å². The van der Waals surface area contributed by atoms with Crippen LogP contribution < -0.4 is 5.32 Å². The summed E-state index contributed by atoms with van der Waals surface area (Å²) in [6, 6.07) is 16.3. The van der Waals surface area contributed by atoms with Crippen LogP contribution in [0.4, 0.5) is 4.79 Å². The molecule has 0 spiro atoms. The van der Waals surface area contributed by atoms with Gasteiger partial charge in [0.15, 0.2) is 0 Å². The van der Waals surface area contributed by atoms with Crippen LogP contribution in [0.15, 0.2) is 48.5 Å². The molecule has 0 bridgehead atoms. The van der Waals surface area contributed by atoms with Gasteiger partial charge >= 0.3 is 12.1 Å². The van der Waals surface area contributed by atoms with Crippen molar-refractivity contribution in [2.75, 3.05) is 39.3 Å². The first-order valence-corrected chi connectivity index (χ1v) is 11.8. The van der Waals surface area contributed by atoms with Crippen molar-refractivity contribution in [2.45, 2.75) is 25.2 Å². The van der Waals surface area contributed by atoms with Crippen LogP contribution in [-0.4, -0.2) is 78.1 Å². The molecule has 2 N–H and O–H groups in total. The lowest BCUT2D eigenvalue weighted by molar-refractivity contribution is -0.150.